The molecule has 0 atom stereocenters. The average Bonchev–Trinajstić information content (AvgIpc) is 3.79. The van der Waals surface area contributed by atoms with Crippen molar-refractivity contribution < 1.29 is 0 Å². The zero-order chi connectivity index (χ0) is 36.7. The molecule has 56 heavy (non-hydrogen) atoms. The number of para-hydroxylation sites is 3. The molecule has 4 heterocycles. The molecular weight excluding hydrogens is 683 g/mol. The number of pyridine rings is 1. The Kier molecular flexibility index (Phi) is 6.56. The Balaban J connectivity index is 1.24. The van der Waals surface area contributed by atoms with Crippen molar-refractivity contribution in [3.8, 4) is 34.0 Å². The molecule has 0 spiro atoms. The summed E-state index contributed by atoms with van der Waals surface area (Å²) in [5.41, 5.74) is 11.3. The van der Waals surface area contributed by atoms with Crippen LogP contribution in [-0.2, 0) is 0 Å². The summed E-state index contributed by atoms with van der Waals surface area (Å²) in [7, 11) is 0. The summed E-state index contributed by atoms with van der Waals surface area (Å²) >= 11 is 0. The lowest BCUT2D eigenvalue weighted by Crippen LogP contribution is -2.04. The molecule has 0 amide bonds. The smallest absolute Gasteiger partial charge is 0.235 e. The van der Waals surface area contributed by atoms with Crippen LogP contribution >= 0.6 is 0 Å². The minimum Gasteiger partial charge on any atom is -0.309 e. The fourth-order valence-electron chi connectivity index (χ4n) is 9.03. The highest BCUT2D eigenvalue weighted by Gasteiger charge is 2.23. The van der Waals surface area contributed by atoms with Gasteiger partial charge in [-0.3, -0.25) is 9.55 Å². The van der Waals surface area contributed by atoms with Gasteiger partial charge >= 0.3 is 0 Å². The van der Waals surface area contributed by atoms with Crippen LogP contribution in [0.3, 0.4) is 0 Å². The number of nitrogens with zero attached hydrogens (tertiary/aromatic N) is 5. The van der Waals surface area contributed by atoms with Crippen LogP contribution in [-0.4, -0.2) is 24.1 Å². The first kappa shape index (κ1) is 30.8. The molecule has 0 aliphatic heterocycles. The summed E-state index contributed by atoms with van der Waals surface area (Å²) < 4.78 is 4.67. The second kappa shape index (κ2) is 11.9. The average molecular weight is 714 g/mol. The highest BCUT2D eigenvalue weighted by atomic mass is 15.2. The van der Waals surface area contributed by atoms with E-state index >= 15 is 0 Å². The summed E-state index contributed by atoms with van der Waals surface area (Å²) in [6, 6.07) is 64.9. The maximum Gasteiger partial charge on any atom is 0.235 e. The normalized spacial score (nSPS) is 11.9. The maximum atomic E-state index is 5.34. The van der Waals surface area contributed by atoms with Gasteiger partial charge < -0.3 is 4.57 Å². The molecule has 12 rings (SSSR count). The topological polar surface area (TPSA) is 48.5 Å². The van der Waals surface area contributed by atoms with E-state index in [0.29, 0.717) is 5.95 Å². The number of hydrogen-bond donors (Lipinski definition) is 0. The SMILES string of the molecule is c1ccc(-c2nc(-n3c4ccccc4c4c5ccccc5c(-c5cc6c(c7ccccc57)c5ccccc5n6-c5ccccc5)cc43)nc3cccnc23)cc1. The van der Waals surface area contributed by atoms with Crippen molar-refractivity contribution in [2.24, 2.45) is 0 Å². The Morgan fingerprint density at radius 1 is 0.375 bits per heavy atom. The lowest BCUT2D eigenvalue weighted by molar-refractivity contribution is 1.01. The van der Waals surface area contributed by atoms with E-state index in [-0.39, 0.29) is 0 Å². The van der Waals surface area contributed by atoms with Crippen LogP contribution < -0.4 is 0 Å². The lowest BCUT2D eigenvalue weighted by Gasteiger charge is -2.16. The van der Waals surface area contributed by atoms with Gasteiger partial charge in [0.15, 0.2) is 0 Å². The standard InChI is InChI=1S/C51H31N5/c1-3-16-32(17-4-1)49-50-42(26-15-29-52-50)53-51(54-49)56-44-28-14-12-25-39(44)48-37-23-10-8-21-35(37)41(31-46(48)56)40-30-45-47(36-22-9-7-20-34(36)40)38-24-11-13-27-43(38)55(45)33-18-5-2-6-19-33/h1-31H. The van der Waals surface area contributed by atoms with Gasteiger partial charge in [0.25, 0.3) is 0 Å². The zero-order valence-corrected chi connectivity index (χ0v) is 30.1. The van der Waals surface area contributed by atoms with Crippen molar-refractivity contribution in [3.05, 3.63) is 188 Å². The van der Waals surface area contributed by atoms with Crippen molar-refractivity contribution in [2.75, 3.05) is 0 Å². The van der Waals surface area contributed by atoms with Crippen LogP contribution in [0.2, 0.25) is 0 Å². The van der Waals surface area contributed by atoms with Crippen molar-refractivity contribution >= 4 is 76.2 Å². The van der Waals surface area contributed by atoms with Gasteiger partial charge in [-0.15, -0.1) is 0 Å². The molecule has 0 saturated carbocycles. The Morgan fingerprint density at radius 2 is 0.875 bits per heavy atom. The van der Waals surface area contributed by atoms with Gasteiger partial charge in [0.2, 0.25) is 5.95 Å². The maximum absolute atomic E-state index is 5.34. The van der Waals surface area contributed by atoms with E-state index < -0.39 is 0 Å². The summed E-state index contributed by atoms with van der Waals surface area (Å²) in [6.45, 7) is 0. The van der Waals surface area contributed by atoms with E-state index in [0.717, 1.165) is 50.0 Å². The van der Waals surface area contributed by atoms with Crippen molar-refractivity contribution in [3.63, 3.8) is 0 Å². The molecular formula is C51H31N5. The first-order chi connectivity index (χ1) is 27.8. The van der Waals surface area contributed by atoms with Gasteiger partial charge in [0.1, 0.15) is 11.2 Å². The molecule has 0 aliphatic rings. The third-order valence-electron chi connectivity index (χ3n) is 11.4. The van der Waals surface area contributed by atoms with Crippen LogP contribution in [0.15, 0.2) is 188 Å². The van der Waals surface area contributed by atoms with Crippen molar-refractivity contribution in [1.29, 1.82) is 0 Å². The van der Waals surface area contributed by atoms with Crippen molar-refractivity contribution in [2.45, 2.75) is 0 Å². The number of aromatic nitrogens is 5. The summed E-state index contributed by atoms with van der Waals surface area (Å²) in [5, 5.41) is 9.67. The van der Waals surface area contributed by atoms with Crippen LogP contribution in [0.5, 0.6) is 0 Å². The molecule has 0 fully saturated rings. The van der Waals surface area contributed by atoms with Gasteiger partial charge in [0.05, 0.1) is 27.6 Å². The van der Waals surface area contributed by atoms with Gasteiger partial charge in [-0.05, 0) is 81.2 Å². The molecule has 4 aromatic heterocycles. The third-order valence-corrected chi connectivity index (χ3v) is 11.4. The molecule has 0 N–H and O–H groups in total. The van der Waals surface area contributed by atoms with E-state index in [1.54, 1.807) is 0 Å². The predicted octanol–water partition coefficient (Wildman–Crippen LogP) is 12.9. The number of rotatable bonds is 4. The van der Waals surface area contributed by atoms with Crippen LogP contribution in [0.4, 0.5) is 0 Å². The number of hydrogen-bond acceptors (Lipinski definition) is 3. The van der Waals surface area contributed by atoms with Gasteiger partial charge in [-0.1, -0.05) is 133 Å². The second-order valence-electron chi connectivity index (χ2n) is 14.4. The monoisotopic (exact) mass is 713 g/mol. The first-order valence-electron chi connectivity index (χ1n) is 19.0. The van der Waals surface area contributed by atoms with E-state index in [4.69, 9.17) is 15.0 Å². The van der Waals surface area contributed by atoms with Crippen LogP contribution in [0.1, 0.15) is 0 Å². The third kappa shape index (κ3) is 4.39. The van der Waals surface area contributed by atoms with Gasteiger partial charge in [-0.25, -0.2) is 9.97 Å². The number of benzene rings is 8. The zero-order valence-electron chi connectivity index (χ0n) is 30.1. The highest BCUT2D eigenvalue weighted by Crippen LogP contribution is 2.46. The van der Waals surface area contributed by atoms with Gasteiger partial charge in [-0.2, -0.15) is 0 Å². The van der Waals surface area contributed by atoms with E-state index in [2.05, 4.69) is 161 Å². The highest BCUT2D eigenvalue weighted by molar-refractivity contribution is 6.28. The predicted molar refractivity (Wildman–Crippen MR) is 232 cm³/mol. The lowest BCUT2D eigenvalue weighted by atomic mass is 9.90. The Bertz CT molecular complexity index is 3530. The van der Waals surface area contributed by atoms with E-state index in [1.807, 2.05) is 36.5 Å². The van der Waals surface area contributed by atoms with Crippen LogP contribution in [0.25, 0.3) is 110 Å². The molecule has 0 saturated heterocycles. The second-order valence-corrected chi connectivity index (χ2v) is 14.4. The molecule has 0 aliphatic carbocycles. The molecule has 0 unspecified atom stereocenters. The van der Waals surface area contributed by atoms with Crippen LogP contribution in [0, 0.1) is 0 Å². The fraction of sp³-hybridized carbons (Fsp3) is 0. The minimum atomic E-state index is 0.612. The molecule has 5 heteroatoms. The van der Waals surface area contributed by atoms with Crippen molar-refractivity contribution in [1.82, 2.24) is 24.1 Å². The molecule has 5 nitrogen and oxygen atoms in total. The molecule has 260 valence electrons. The van der Waals surface area contributed by atoms with E-state index in [9.17, 15) is 0 Å². The fourth-order valence-corrected chi connectivity index (χ4v) is 9.03. The summed E-state index contributed by atoms with van der Waals surface area (Å²) in [4.78, 5) is 15.3. The first-order valence-corrected chi connectivity index (χ1v) is 19.0. The number of fused-ring (bicyclic) bond motifs is 11. The summed E-state index contributed by atoms with van der Waals surface area (Å²) in [5.74, 6) is 0.612. The van der Waals surface area contributed by atoms with Gasteiger partial charge in [0, 0.05) is 39.0 Å². The molecule has 0 radical (unpaired) electrons. The Morgan fingerprint density at radius 3 is 1.50 bits per heavy atom. The minimum absolute atomic E-state index is 0.612. The Labute approximate surface area is 321 Å². The summed E-state index contributed by atoms with van der Waals surface area (Å²) in [6.07, 6.45) is 1.81. The van der Waals surface area contributed by atoms with E-state index in [1.165, 1.54) is 54.3 Å². The molecule has 0 bridgehead atoms. The molecule has 8 aromatic carbocycles. The Hall–Kier alpha value is -7.63. The largest absolute Gasteiger partial charge is 0.309 e. The quantitative estimate of drug-likeness (QED) is 0.182. The molecule has 12 aromatic rings.